The van der Waals surface area contributed by atoms with E-state index in [4.69, 9.17) is 4.74 Å². The summed E-state index contributed by atoms with van der Waals surface area (Å²) in [5.74, 6) is 0.140. The largest absolute Gasteiger partial charge is 0.496 e. The van der Waals surface area contributed by atoms with Gasteiger partial charge in [-0.2, -0.15) is 0 Å². The van der Waals surface area contributed by atoms with Crippen LogP contribution < -0.4 is 4.74 Å². The number of nitrogens with zero attached hydrogens (tertiary/aromatic N) is 1. The van der Waals surface area contributed by atoms with Crippen LogP contribution in [0.4, 0.5) is 0 Å². The molecule has 5 nitrogen and oxygen atoms in total. The lowest BCUT2D eigenvalue weighted by atomic mass is 10.1. The molecule has 1 aromatic carbocycles. The molecule has 2 rings (SSSR count). The molecule has 1 aliphatic rings. The SMILES string of the molecule is COc1ccc(C(C)=O)cc1CN1C(=O)CCC1=O. The summed E-state index contributed by atoms with van der Waals surface area (Å²) in [5, 5.41) is 0. The van der Waals surface area contributed by atoms with Crippen molar-refractivity contribution in [1.29, 1.82) is 0 Å². The fourth-order valence-corrected chi connectivity index (χ4v) is 2.09. The van der Waals surface area contributed by atoms with Gasteiger partial charge in [0.15, 0.2) is 5.78 Å². The number of hydrogen-bond donors (Lipinski definition) is 0. The van der Waals surface area contributed by atoms with Gasteiger partial charge in [0.1, 0.15) is 5.75 Å². The second-order valence-corrected chi connectivity index (χ2v) is 4.46. The highest BCUT2D eigenvalue weighted by Gasteiger charge is 2.29. The summed E-state index contributed by atoms with van der Waals surface area (Å²) in [4.78, 5) is 35.8. The zero-order valence-electron chi connectivity index (χ0n) is 10.9. The third kappa shape index (κ3) is 2.65. The van der Waals surface area contributed by atoms with Gasteiger partial charge in [0, 0.05) is 24.0 Å². The van der Waals surface area contributed by atoms with Crippen LogP contribution in [0.3, 0.4) is 0 Å². The first-order valence-corrected chi connectivity index (χ1v) is 6.04. The molecule has 0 aromatic heterocycles. The Hall–Kier alpha value is -2.17. The normalized spacial score (nSPS) is 14.9. The van der Waals surface area contributed by atoms with Gasteiger partial charge in [0.2, 0.25) is 11.8 Å². The molecular weight excluding hydrogens is 246 g/mol. The minimum Gasteiger partial charge on any atom is -0.496 e. The molecule has 19 heavy (non-hydrogen) atoms. The summed E-state index contributed by atoms with van der Waals surface area (Å²) in [7, 11) is 1.51. The summed E-state index contributed by atoms with van der Waals surface area (Å²) in [6.07, 6.45) is 0.515. The van der Waals surface area contributed by atoms with Crippen molar-refractivity contribution in [1.82, 2.24) is 4.90 Å². The van der Waals surface area contributed by atoms with E-state index < -0.39 is 0 Å². The Morgan fingerprint density at radius 3 is 2.42 bits per heavy atom. The monoisotopic (exact) mass is 261 g/mol. The number of carbonyl (C=O) groups excluding carboxylic acids is 3. The Balaban J connectivity index is 2.32. The molecule has 100 valence electrons. The molecule has 0 radical (unpaired) electrons. The predicted molar refractivity (Wildman–Crippen MR) is 67.8 cm³/mol. The molecule has 1 fully saturated rings. The number of ether oxygens (including phenoxy) is 1. The maximum absolute atomic E-state index is 11.6. The smallest absolute Gasteiger partial charge is 0.230 e. The number of ketones is 1. The molecule has 1 saturated heterocycles. The minimum atomic E-state index is -0.180. The summed E-state index contributed by atoms with van der Waals surface area (Å²) in [6.45, 7) is 1.62. The molecule has 0 N–H and O–H groups in total. The van der Waals surface area contributed by atoms with Crippen molar-refractivity contribution in [2.45, 2.75) is 26.3 Å². The lowest BCUT2D eigenvalue weighted by Gasteiger charge is -2.16. The highest BCUT2D eigenvalue weighted by Crippen LogP contribution is 2.24. The fourth-order valence-electron chi connectivity index (χ4n) is 2.09. The van der Waals surface area contributed by atoms with Crippen molar-refractivity contribution in [3.8, 4) is 5.75 Å². The van der Waals surface area contributed by atoms with E-state index in [0.717, 1.165) is 0 Å². The van der Waals surface area contributed by atoms with Crippen molar-refractivity contribution in [3.63, 3.8) is 0 Å². The van der Waals surface area contributed by atoms with Crippen LogP contribution in [0.25, 0.3) is 0 Å². The van der Waals surface area contributed by atoms with Crippen molar-refractivity contribution >= 4 is 17.6 Å². The van der Waals surface area contributed by atoms with Gasteiger partial charge in [0.05, 0.1) is 13.7 Å². The number of hydrogen-bond acceptors (Lipinski definition) is 4. The Labute approximate surface area is 111 Å². The van der Waals surface area contributed by atoms with Crippen LogP contribution in [0.5, 0.6) is 5.75 Å². The van der Waals surface area contributed by atoms with Gasteiger partial charge >= 0.3 is 0 Å². The molecule has 5 heteroatoms. The van der Waals surface area contributed by atoms with E-state index in [-0.39, 0.29) is 37.0 Å². The van der Waals surface area contributed by atoms with Gasteiger partial charge < -0.3 is 4.74 Å². The first kappa shape index (κ1) is 13.3. The molecule has 2 amide bonds. The van der Waals surface area contributed by atoms with Gasteiger partial charge in [-0.3, -0.25) is 19.3 Å². The first-order valence-electron chi connectivity index (χ1n) is 6.04. The van der Waals surface area contributed by atoms with E-state index in [0.29, 0.717) is 16.9 Å². The number of imide groups is 1. The zero-order chi connectivity index (χ0) is 14.0. The third-order valence-electron chi connectivity index (χ3n) is 3.17. The maximum atomic E-state index is 11.6. The molecule has 0 aliphatic carbocycles. The van der Waals surface area contributed by atoms with Crippen molar-refractivity contribution < 1.29 is 19.1 Å². The van der Waals surface area contributed by atoms with E-state index in [1.165, 1.54) is 18.9 Å². The quantitative estimate of drug-likeness (QED) is 0.609. The summed E-state index contributed by atoms with van der Waals surface area (Å²) in [6, 6.07) is 5.01. The third-order valence-corrected chi connectivity index (χ3v) is 3.17. The fraction of sp³-hybridized carbons (Fsp3) is 0.357. The number of amides is 2. The van der Waals surface area contributed by atoms with Crippen molar-refractivity contribution in [3.05, 3.63) is 29.3 Å². The second-order valence-electron chi connectivity index (χ2n) is 4.46. The average molecular weight is 261 g/mol. The standard InChI is InChI=1S/C14H15NO4/c1-9(16)10-3-4-12(19-2)11(7-10)8-15-13(17)5-6-14(15)18/h3-4,7H,5-6,8H2,1-2H3. The van der Waals surface area contributed by atoms with Crippen LogP contribution in [0.1, 0.15) is 35.7 Å². The number of likely N-dealkylation sites (tertiary alicyclic amines) is 1. The van der Waals surface area contributed by atoms with Crippen LogP contribution in [-0.2, 0) is 16.1 Å². The van der Waals surface area contributed by atoms with Crippen LogP contribution >= 0.6 is 0 Å². The molecule has 0 atom stereocenters. The highest BCUT2D eigenvalue weighted by molar-refractivity contribution is 6.02. The number of carbonyl (C=O) groups is 3. The first-order chi connectivity index (χ1) is 9.02. The predicted octanol–water partition coefficient (Wildman–Crippen LogP) is 1.55. The summed E-state index contributed by atoms with van der Waals surface area (Å²) >= 11 is 0. The van der Waals surface area contributed by atoms with E-state index in [1.54, 1.807) is 18.2 Å². The lowest BCUT2D eigenvalue weighted by Crippen LogP contribution is -2.28. The molecule has 1 aromatic rings. The van der Waals surface area contributed by atoms with Crippen LogP contribution in [0, 0.1) is 0 Å². The zero-order valence-corrected chi connectivity index (χ0v) is 10.9. The summed E-state index contributed by atoms with van der Waals surface area (Å²) in [5.41, 5.74) is 1.20. The molecule has 0 bridgehead atoms. The Bertz CT molecular complexity index is 534. The van der Waals surface area contributed by atoms with E-state index >= 15 is 0 Å². The molecule has 0 unspecified atom stereocenters. The molecule has 1 heterocycles. The van der Waals surface area contributed by atoms with Crippen molar-refractivity contribution in [2.75, 3.05) is 7.11 Å². The van der Waals surface area contributed by atoms with E-state index in [2.05, 4.69) is 0 Å². The van der Waals surface area contributed by atoms with Gasteiger partial charge in [-0.15, -0.1) is 0 Å². The van der Waals surface area contributed by atoms with Gasteiger partial charge in [0.25, 0.3) is 0 Å². The number of Topliss-reactive ketones (excluding diaryl/α,β-unsaturated/α-hetero) is 1. The van der Waals surface area contributed by atoms with Crippen LogP contribution in [-0.4, -0.2) is 29.6 Å². The van der Waals surface area contributed by atoms with Gasteiger partial charge in [-0.05, 0) is 25.1 Å². The maximum Gasteiger partial charge on any atom is 0.230 e. The van der Waals surface area contributed by atoms with Gasteiger partial charge in [-0.25, -0.2) is 0 Å². The number of methoxy groups -OCH3 is 1. The van der Waals surface area contributed by atoms with E-state index in [9.17, 15) is 14.4 Å². The topological polar surface area (TPSA) is 63.7 Å². The average Bonchev–Trinajstić information content (AvgIpc) is 2.70. The minimum absolute atomic E-state index is 0.0667. The Morgan fingerprint density at radius 2 is 1.89 bits per heavy atom. The Kier molecular flexibility index (Phi) is 3.64. The second kappa shape index (κ2) is 5.22. The summed E-state index contributed by atoms with van der Waals surface area (Å²) < 4.78 is 5.20. The molecule has 1 aliphatic heterocycles. The van der Waals surface area contributed by atoms with Gasteiger partial charge in [-0.1, -0.05) is 0 Å². The Morgan fingerprint density at radius 1 is 1.26 bits per heavy atom. The van der Waals surface area contributed by atoms with Crippen molar-refractivity contribution in [2.24, 2.45) is 0 Å². The molecule has 0 spiro atoms. The van der Waals surface area contributed by atoms with Crippen LogP contribution in [0.2, 0.25) is 0 Å². The number of rotatable bonds is 4. The van der Waals surface area contributed by atoms with Crippen LogP contribution in [0.15, 0.2) is 18.2 Å². The highest BCUT2D eigenvalue weighted by atomic mass is 16.5. The lowest BCUT2D eigenvalue weighted by molar-refractivity contribution is -0.139. The molecule has 0 saturated carbocycles. The number of benzene rings is 1. The van der Waals surface area contributed by atoms with E-state index in [1.807, 2.05) is 0 Å². The molecular formula is C14H15NO4.